The fourth-order valence-electron chi connectivity index (χ4n) is 3.71. The van der Waals surface area contributed by atoms with Gasteiger partial charge in [-0.25, -0.2) is 0 Å². The third kappa shape index (κ3) is 2.56. The van der Waals surface area contributed by atoms with Gasteiger partial charge in [-0.3, -0.25) is 9.58 Å². The summed E-state index contributed by atoms with van der Waals surface area (Å²) >= 11 is 0. The molecule has 19 heavy (non-hydrogen) atoms. The Morgan fingerprint density at radius 2 is 2.16 bits per heavy atom. The molecule has 0 bridgehead atoms. The van der Waals surface area contributed by atoms with E-state index >= 15 is 0 Å². The number of hydrogen-bond acceptors (Lipinski definition) is 3. The average molecular weight is 262 g/mol. The lowest BCUT2D eigenvalue weighted by molar-refractivity contribution is 0.0805. The molecule has 1 aromatic rings. The van der Waals surface area contributed by atoms with Gasteiger partial charge in [-0.15, -0.1) is 0 Å². The zero-order valence-corrected chi connectivity index (χ0v) is 12.4. The minimum atomic E-state index is 0.403. The molecule has 2 fully saturated rings. The quantitative estimate of drug-likeness (QED) is 0.883. The van der Waals surface area contributed by atoms with Crippen molar-refractivity contribution in [2.45, 2.75) is 57.7 Å². The first-order valence-electron chi connectivity index (χ1n) is 7.57. The van der Waals surface area contributed by atoms with Crippen LogP contribution in [-0.4, -0.2) is 39.4 Å². The highest BCUT2D eigenvalue weighted by Gasteiger charge is 2.39. The van der Waals surface area contributed by atoms with Crippen molar-refractivity contribution in [3.63, 3.8) is 0 Å². The van der Waals surface area contributed by atoms with Crippen LogP contribution in [0, 0.1) is 6.92 Å². The summed E-state index contributed by atoms with van der Waals surface area (Å²) in [6, 6.07) is 2.83. The van der Waals surface area contributed by atoms with Crippen molar-refractivity contribution in [2.75, 3.05) is 13.1 Å². The number of piperazine rings is 1. The minimum absolute atomic E-state index is 0.403. The SMILES string of the molecule is Cc1cc(CN2CC3(CCCC3)NCC2C)n(C)n1. The third-order valence-corrected chi connectivity index (χ3v) is 4.93. The van der Waals surface area contributed by atoms with Gasteiger partial charge in [-0.2, -0.15) is 5.10 Å². The predicted octanol–water partition coefficient (Wildman–Crippen LogP) is 1.84. The van der Waals surface area contributed by atoms with Crippen LogP contribution in [0.1, 0.15) is 44.0 Å². The normalized spacial score (nSPS) is 27.2. The molecule has 1 aliphatic carbocycles. The van der Waals surface area contributed by atoms with E-state index in [4.69, 9.17) is 0 Å². The molecule has 2 heterocycles. The minimum Gasteiger partial charge on any atom is -0.308 e. The smallest absolute Gasteiger partial charge is 0.0597 e. The van der Waals surface area contributed by atoms with Crippen molar-refractivity contribution in [1.82, 2.24) is 20.0 Å². The predicted molar refractivity (Wildman–Crippen MR) is 77.0 cm³/mol. The summed E-state index contributed by atoms with van der Waals surface area (Å²) in [5, 5.41) is 8.28. The van der Waals surface area contributed by atoms with Crippen LogP contribution in [0.5, 0.6) is 0 Å². The second-order valence-corrected chi connectivity index (χ2v) is 6.52. The van der Waals surface area contributed by atoms with E-state index in [9.17, 15) is 0 Å². The molecule has 1 atom stereocenters. The van der Waals surface area contributed by atoms with Crippen LogP contribution < -0.4 is 5.32 Å². The van der Waals surface area contributed by atoms with E-state index in [2.05, 4.69) is 42.3 Å². The first-order valence-corrected chi connectivity index (χ1v) is 7.57. The van der Waals surface area contributed by atoms with Gasteiger partial charge >= 0.3 is 0 Å². The van der Waals surface area contributed by atoms with E-state index in [-0.39, 0.29) is 0 Å². The van der Waals surface area contributed by atoms with Gasteiger partial charge in [0.05, 0.1) is 11.4 Å². The highest BCUT2D eigenvalue weighted by molar-refractivity contribution is 5.10. The Morgan fingerprint density at radius 3 is 2.79 bits per heavy atom. The maximum absolute atomic E-state index is 4.46. The third-order valence-electron chi connectivity index (χ3n) is 4.93. The second kappa shape index (κ2) is 4.91. The molecule has 1 spiro atoms. The summed E-state index contributed by atoms with van der Waals surface area (Å²) in [7, 11) is 2.06. The van der Waals surface area contributed by atoms with E-state index in [0.29, 0.717) is 11.6 Å². The molecule has 106 valence electrons. The van der Waals surface area contributed by atoms with Gasteiger partial charge in [-0.1, -0.05) is 12.8 Å². The van der Waals surface area contributed by atoms with E-state index in [1.807, 2.05) is 4.68 Å². The van der Waals surface area contributed by atoms with Crippen molar-refractivity contribution in [3.8, 4) is 0 Å². The van der Waals surface area contributed by atoms with Gasteiger partial charge in [0.2, 0.25) is 0 Å². The average Bonchev–Trinajstić information content (AvgIpc) is 2.93. The van der Waals surface area contributed by atoms with Gasteiger partial charge in [0.15, 0.2) is 0 Å². The number of rotatable bonds is 2. The van der Waals surface area contributed by atoms with Crippen LogP contribution in [0.2, 0.25) is 0 Å². The molecular formula is C15H26N4. The highest BCUT2D eigenvalue weighted by atomic mass is 15.3. The number of hydrogen-bond donors (Lipinski definition) is 1. The summed E-state index contributed by atoms with van der Waals surface area (Å²) in [6.07, 6.45) is 5.47. The van der Waals surface area contributed by atoms with Crippen molar-refractivity contribution in [2.24, 2.45) is 7.05 Å². The topological polar surface area (TPSA) is 33.1 Å². The van der Waals surface area contributed by atoms with E-state index in [1.165, 1.54) is 37.9 Å². The molecule has 1 N–H and O–H groups in total. The molecule has 2 aliphatic rings. The number of nitrogens with zero attached hydrogens (tertiary/aromatic N) is 3. The van der Waals surface area contributed by atoms with Crippen molar-refractivity contribution in [1.29, 1.82) is 0 Å². The molecule has 0 aromatic carbocycles. The van der Waals surface area contributed by atoms with Crippen LogP contribution in [-0.2, 0) is 13.6 Å². The molecule has 0 amide bonds. The molecule has 4 nitrogen and oxygen atoms in total. The number of aromatic nitrogens is 2. The fraction of sp³-hybridized carbons (Fsp3) is 0.800. The van der Waals surface area contributed by atoms with Gasteiger partial charge in [0.1, 0.15) is 0 Å². The first-order chi connectivity index (χ1) is 9.08. The van der Waals surface area contributed by atoms with E-state index in [1.54, 1.807) is 0 Å². The lowest BCUT2D eigenvalue weighted by atomic mass is 9.92. The first kappa shape index (κ1) is 13.1. The Kier molecular flexibility index (Phi) is 3.39. The summed E-state index contributed by atoms with van der Waals surface area (Å²) in [5.41, 5.74) is 2.86. The van der Waals surface area contributed by atoms with Crippen molar-refractivity contribution >= 4 is 0 Å². The molecule has 1 saturated carbocycles. The summed E-state index contributed by atoms with van der Waals surface area (Å²) in [4.78, 5) is 2.64. The Bertz CT molecular complexity index is 445. The zero-order valence-electron chi connectivity index (χ0n) is 12.4. The standard InChI is InChI=1S/C15H26N4/c1-12-8-14(18(3)17-12)10-19-11-15(6-4-5-7-15)16-9-13(19)2/h8,13,16H,4-7,9-11H2,1-3H3. The highest BCUT2D eigenvalue weighted by Crippen LogP contribution is 2.33. The summed E-state index contributed by atoms with van der Waals surface area (Å²) < 4.78 is 2.03. The maximum atomic E-state index is 4.46. The van der Waals surface area contributed by atoms with Gasteiger partial charge in [0.25, 0.3) is 0 Å². The summed E-state index contributed by atoms with van der Waals surface area (Å²) in [6.45, 7) is 7.75. The van der Waals surface area contributed by atoms with Gasteiger partial charge < -0.3 is 5.32 Å². The Morgan fingerprint density at radius 1 is 1.42 bits per heavy atom. The molecule has 0 radical (unpaired) electrons. The Hall–Kier alpha value is -0.870. The monoisotopic (exact) mass is 262 g/mol. The largest absolute Gasteiger partial charge is 0.308 e. The van der Waals surface area contributed by atoms with Crippen LogP contribution >= 0.6 is 0 Å². The molecule has 1 aliphatic heterocycles. The van der Waals surface area contributed by atoms with Crippen LogP contribution in [0.4, 0.5) is 0 Å². The van der Waals surface area contributed by atoms with Crippen molar-refractivity contribution < 1.29 is 0 Å². The molecule has 4 heteroatoms. The van der Waals surface area contributed by atoms with E-state index < -0.39 is 0 Å². The number of nitrogens with one attached hydrogen (secondary N) is 1. The van der Waals surface area contributed by atoms with Gasteiger partial charge in [-0.05, 0) is 32.8 Å². The zero-order chi connectivity index (χ0) is 13.5. The van der Waals surface area contributed by atoms with Crippen molar-refractivity contribution in [3.05, 3.63) is 17.5 Å². The molecule has 1 aromatic heterocycles. The fourth-order valence-corrected chi connectivity index (χ4v) is 3.71. The molecule has 1 unspecified atom stereocenters. The van der Waals surface area contributed by atoms with Gasteiger partial charge in [0, 0.05) is 38.3 Å². The Labute approximate surface area is 116 Å². The van der Waals surface area contributed by atoms with Crippen LogP contribution in [0.15, 0.2) is 6.07 Å². The summed E-state index contributed by atoms with van der Waals surface area (Å²) in [5.74, 6) is 0. The Balaban J connectivity index is 1.73. The molecule has 3 rings (SSSR count). The van der Waals surface area contributed by atoms with E-state index in [0.717, 1.165) is 18.8 Å². The number of aryl methyl sites for hydroxylation is 2. The van der Waals surface area contributed by atoms with Crippen LogP contribution in [0.3, 0.4) is 0 Å². The lowest BCUT2D eigenvalue weighted by Crippen LogP contribution is -2.62. The van der Waals surface area contributed by atoms with Crippen LogP contribution in [0.25, 0.3) is 0 Å². The molecular weight excluding hydrogens is 236 g/mol. The maximum Gasteiger partial charge on any atom is 0.0597 e. The second-order valence-electron chi connectivity index (χ2n) is 6.52. The lowest BCUT2D eigenvalue weighted by Gasteiger charge is -2.45. The molecule has 1 saturated heterocycles.